The van der Waals surface area contributed by atoms with Gasteiger partial charge in [-0.05, 0) is 91.9 Å². The average Bonchev–Trinajstić information content (AvgIpc) is 1.22. The van der Waals surface area contributed by atoms with E-state index >= 15 is 14.4 Å². The number of hydrogen-bond donors (Lipinski definition) is 28. The maximum absolute atomic E-state index is 15.4. The van der Waals surface area contributed by atoms with Crippen LogP contribution in [-0.2, 0) is 56.8 Å². The molecule has 3 unspecified atom stereocenters. The van der Waals surface area contributed by atoms with Crippen molar-refractivity contribution in [2.75, 3.05) is 13.2 Å². The first-order valence-corrected chi connectivity index (χ1v) is 37.3. The summed E-state index contributed by atoms with van der Waals surface area (Å²) in [5.74, 6) is -62.0. The Hall–Kier alpha value is -19.0. The highest BCUT2D eigenvalue weighted by atomic mass is 16.8. The van der Waals surface area contributed by atoms with Gasteiger partial charge in [0, 0.05) is 33.9 Å². The zero-order chi connectivity index (χ0) is 97.7. The van der Waals surface area contributed by atoms with Crippen LogP contribution in [0.15, 0.2) is 91.0 Å². The predicted molar refractivity (Wildman–Crippen MR) is 418 cm³/mol. The topological polar surface area (TPSA) is 857 Å². The summed E-state index contributed by atoms with van der Waals surface area (Å²) in [5, 5.41) is 305. The summed E-state index contributed by atoms with van der Waals surface area (Å²) >= 11 is 0. The average molecular weight is 1870 g/mol. The van der Waals surface area contributed by atoms with Crippen LogP contribution < -0.4 is 4.74 Å². The molecule has 0 aliphatic carbocycles. The summed E-state index contributed by atoms with van der Waals surface area (Å²) in [6.07, 6.45) is -28.3. The van der Waals surface area contributed by atoms with Gasteiger partial charge in [0.2, 0.25) is 59.3 Å². The molecule has 51 nitrogen and oxygen atoms in total. The van der Waals surface area contributed by atoms with Gasteiger partial charge in [-0.25, -0.2) is 47.9 Å². The monoisotopic (exact) mass is 1870 g/mol. The van der Waals surface area contributed by atoms with Gasteiger partial charge < -0.3 is 205 Å². The van der Waals surface area contributed by atoms with E-state index in [1.165, 1.54) is 0 Å². The Morgan fingerprint density at radius 2 is 0.530 bits per heavy atom. The number of rotatable bonds is 14. The van der Waals surface area contributed by atoms with E-state index < -0.39 is 390 Å². The number of esters is 10. The molecule has 10 atom stereocenters. The molecule has 2 fully saturated rings. The van der Waals surface area contributed by atoms with E-state index in [9.17, 15) is 177 Å². The molecule has 10 aromatic carbocycles. The van der Waals surface area contributed by atoms with Crippen molar-refractivity contribution in [1.82, 2.24) is 0 Å². The van der Waals surface area contributed by atoms with Crippen LogP contribution >= 0.6 is 0 Å². The molecule has 4 aliphatic heterocycles. The Labute approximate surface area is 738 Å². The number of phenols is 28. The second-order valence-corrected chi connectivity index (χ2v) is 29.0. The number of benzene rings is 10. The maximum atomic E-state index is 15.4. The molecular weight excluding hydrogens is 1810 g/mol. The van der Waals surface area contributed by atoms with Crippen molar-refractivity contribution < 1.29 is 253 Å². The van der Waals surface area contributed by atoms with Gasteiger partial charge in [0.05, 0.1) is 50.1 Å². The van der Waals surface area contributed by atoms with Gasteiger partial charge >= 0.3 is 59.7 Å². The Morgan fingerprint density at radius 1 is 0.269 bits per heavy atom. The molecule has 698 valence electrons. The van der Waals surface area contributed by atoms with Crippen molar-refractivity contribution in [2.24, 2.45) is 0 Å². The quantitative estimate of drug-likeness (QED) is 0.0409. The van der Waals surface area contributed by atoms with Crippen LogP contribution in [0.5, 0.6) is 172 Å². The van der Waals surface area contributed by atoms with Gasteiger partial charge in [0.25, 0.3) is 0 Å². The lowest BCUT2D eigenvalue weighted by Gasteiger charge is -2.43. The highest BCUT2D eigenvalue weighted by Crippen LogP contribution is 2.57. The number of fused-ring (bicyclic) bond motifs is 8. The third-order valence-corrected chi connectivity index (χ3v) is 20.7. The molecule has 0 saturated carbocycles. The standard InChI is InChI=1S/C83H60O51/c1-19-30(84)12-27-47(51(19)98)48-25(13-40(94)57(104)61(48)108)77(117)122-18-46-67(127-79(27)119)69(130-73(113)21-4-33(87)53(100)34(88)5-21)71(132-75(115)23-8-37(91)55(102)38(92)9-23)83(126-46)134-81(121)29-16-43(97)60(107)64(111)65(29)124-44-11-24(10-39(93)56(44)103)76(116)133-82-70(131-74(114)22-6-35(89)54(101)36(90)7-22)68(129-72(112)20-2-31(85)52(99)32(86)3-20)66-45(125-82)17-123-78(118)26-14-41(95)58(105)62(109)49(26)50-28(80(120)128-66)15-42(96)59(106)63(50)110/h2-16,45-46,66-71,82-111H,17-18H2,1H3/t45-,46?,66?,67+,68?,69-,70-,71-,82-,83-/m1/s1. The smallest absolute Gasteiger partial charge is 0.344 e. The second kappa shape index (κ2) is 34.3. The van der Waals surface area contributed by atoms with Gasteiger partial charge in [-0.3, -0.25) is 0 Å². The van der Waals surface area contributed by atoms with Gasteiger partial charge in [-0.15, -0.1) is 0 Å². The lowest BCUT2D eigenvalue weighted by Crippen LogP contribution is -2.63. The van der Waals surface area contributed by atoms with Crippen LogP contribution in [-0.4, -0.2) is 277 Å². The lowest BCUT2D eigenvalue weighted by molar-refractivity contribution is -0.282. The number of carbonyl (C=O) groups is 10. The highest BCUT2D eigenvalue weighted by Gasteiger charge is 2.58. The van der Waals surface area contributed by atoms with Crippen molar-refractivity contribution in [3.63, 3.8) is 0 Å². The molecule has 134 heavy (non-hydrogen) atoms. The first kappa shape index (κ1) is 91.2. The van der Waals surface area contributed by atoms with Crippen molar-refractivity contribution in [3.05, 3.63) is 152 Å². The first-order valence-electron chi connectivity index (χ1n) is 37.3. The van der Waals surface area contributed by atoms with Crippen LogP contribution in [0.3, 0.4) is 0 Å². The van der Waals surface area contributed by atoms with Crippen LogP contribution in [0.25, 0.3) is 22.3 Å². The van der Waals surface area contributed by atoms with E-state index in [1.807, 2.05) is 0 Å². The van der Waals surface area contributed by atoms with Crippen molar-refractivity contribution in [2.45, 2.75) is 68.3 Å². The second-order valence-electron chi connectivity index (χ2n) is 29.0. The fourth-order valence-corrected chi connectivity index (χ4v) is 14.0. The molecule has 0 amide bonds. The highest BCUT2D eigenvalue weighted by molar-refractivity contribution is 6.10. The molecular formula is C83H60O51. The minimum atomic E-state index is -3.07. The third kappa shape index (κ3) is 16.3. The van der Waals surface area contributed by atoms with Crippen LogP contribution in [0.1, 0.15) is 109 Å². The summed E-state index contributed by atoms with van der Waals surface area (Å²) in [6.45, 7) is -2.08. The van der Waals surface area contributed by atoms with Gasteiger partial charge in [0.1, 0.15) is 42.5 Å². The summed E-state index contributed by atoms with van der Waals surface area (Å²) in [5.41, 5.74) is -16.8. The molecule has 4 aliphatic rings. The number of hydrogen-bond acceptors (Lipinski definition) is 51. The largest absolute Gasteiger partial charge is 0.508 e. The van der Waals surface area contributed by atoms with Crippen molar-refractivity contribution >= 4 is 59.7 Å². The minimum Gasteiger partial charge on any atom is -0.508 e. The number of cyclic esters (lactones) is 2. The molecule has 28 N–H and O–H groups in total. The molecule has 51 heteroatoms. The van der Waals surface area contributed by atoms with E-state index in [0.29, 0.717) is 66.7 Å². The number of carbonyl (C=O) groups excluding carboxylic acids is 10. The molecule has 10 aromatic rings. The fraction of sp³-hybridized carbons (Fsp3) is 0.157. The fourth-order valence-electron chi connectivity index (χ4n) is 14.0. The summed E-state index contributed by atoms with van der Waals surface area (Å²) in [7, 11) is 0. The summed E-state index contributed by atoms with van der Waals surface area (Å²) in [4.78, 5) is 148. The molecule has 2 saturated heterocycles. The Kier molecular flexibility index (Phi) is 23.4. The van der Waals surface area contributed by atoms with Gasteiger partial charge in [0.15, 0.2) is 151 Å². The van der Waals surface area contributed by atoms with Gasteiger partial charge in [-0.2, -0.15) is 0 Å². The third-order valence-electron chi connectivity index (χ3n) is 20.7. The Bertz CT molecular complexity index is 6660. The van der Waals surface area contributed by atoms with E-state index in [2.05, 4.69) is 0 Å². The van der Waals surface area contributed by atoms with E-state index in [1.54, 1.807) is 0 Å². The number of aromatic hydroxyl groups is 28. The molecule has 0 spiro atoms. The Balaban J connectivity index is 0.880. The van der Waals surface area contributed by atoms with E-state index in [0.717, 1.165) is 6.92 Å². The number of phenolic OH excluding ortho intramolecular Hbond substituents is 28. The SMILES string of the molecule is Cc1c(O)cc2c(c1O)-c1c(cc(O)c(O)c1O)C(=O)OCC1O[C@H](OC(=O)c3cc(O)c(O)c(O)c3Oc3cc(C(=O)O[C@H]4O[C@@H]5COC(=O)c6cc(O)c(O)c(O)c6-c6c(cc(O)c(O)c6O)C(=O)OC5C(OC(=O)c5cc(O)c(O)c(O)c5)[C@H]4OC(=O)c4cc(O)c(O)c(O)c4)cc(O)c3O)[C@H](OC(=O)c3cc(O)c(O)c(O)c3)[C@H](OC(=O)c3cc(O)c(O)c(O)c3)[C@H]1OC2=O. The molecule has 4 heterocycles. The molecule has 14 rings (SSSR count). The van der Waals surface area contributed by atoms with E-state index in [-0.39, 0.29) is 24.3 Å². The summed E-state index contributed by atoms with van der Waals surface area (Å²) < 4.78 is 74.6. The molecule has 0 aromatic heterocycles. The minimum absolute atomic E-state index is 0.120. The lowest BCUT2D eigenvalue weighted by atomic mass is 9.90. The van der Waals surface area contributed by atoms with E-state index in [4.69, 9.17) is 61.6 Å². The normalized spacial score (nSPS) is 19.1. The molecule has 0 radical (unpaired) electrons. The number of ether oxygens (including phenoxy) is 13. The van der Waals surface area contributed by atoms with Gasteiger partial charge in [-0.1, -0.05) is 0 Å². The van der Waals surface area contributed by atoms with Crippen LogP contribution in [0, 0.1) is 6.92 Å². The van der Waals surface area contributed by atoms with Crippen LogP contribution in [0.2, 0.25) is 0 Å². The van der Waals surface area contributed by atoms with Crippen molar-refractivity contribution in [1.29, 1.82) is 0 Å². The summed E-state index contributed by atoms with van der Waals surface area (Å²) in [6, 6.07) is 5.32. The Morgan fingerprint density at radius 3 is 0.873 bits per heavy atom. The van der Waals surface area contributed by atoms with Crippen LogP contribution in [0.4, 0.5) is 0 Å². The van der Waals surface area contributed by atoms with Crippen molar-refractivity contribution in [3.8, 4) is 195 Å². The maximum Gasteiger partial charge on any atom is 0.344 e. The zero-order valence-corrected chi connectivity index (χ0v) is 66.3. The predicted octanol–water partition coefficient (Wildman–Crippen LogP) is 4.34. The molecule has 0 bridgehead atoms. The zero-order valence-electron chi connectivity index (χ0n) is 66.3. The first-order chi connectivity index (χ1) is 63.0.